The fraction of sp³-hybridized carbons (Fsp3) is 0.467. The van der Waals surface area contributed by atoms with Crippen LogP contribution in [0.2, 0.25) is 0 Å². The first-order chi connectivity index (χ1) is 10.1. The quantitative estimate of drug-likeness (QED) is 0.824. The van der Waals surface area contributed by atoms with Gasteiger partial charge in [-0.05, 0) is 17.7 Å². The summed E-state index contributed by atoms with van der Waals surface area (Å²) >= 11 is 3.39. The number of likely N-dealkylation sites (N-methyl/N-ethyl adjacent to an activating group) is 1. The number of alkyl halides is 1. The van der Waals surface area contributed by atoms with Crippen LogP contribution in [0.5, 0.6) is 0 Å². The number of hydrogen-bond acceptors (Lipinski definition) is 3. The minimum Gasteiger partial charge on any atom is -0.358 e. The number of nitrogens with one attached hydrogen (secondary N) is 1. The van der Waals surface area contributed by atoms with Crippen molar-refractivity contribution in [1.82, 2.24) is 15.1 Å². The number of carbonyl (C=O) groups excluding carboxylic acids is 2. The third-order valence-electron chi connectivity index (χ3n) is 3.66. The molecule has 0 atom stereocenters. The summed E-state index contributed by atoms with van der Waals surface area (Å²) in [7, 11) is 1.64. The lowest BCUT2D eigenvalue weighted by atomic mass is 10.1. The van der Waals surface area contributed by atoms with Crippen LogP contribution in [0.1, 0.15) is 15.9 Å². The standard InChI is InChI=1S/C15H20BrN3O2/c1-17-14(20)11-18-6-8-19(9-7-18)15(21)13-4-2-12(10-16)3-5-13/h2-5H,6-11H2,1H3,(H,17,20). The topological polar surface area (TPSA) is 52.7 Å². The molecule has 0 spiro atoms. The molecule has 2 amide bonds. The van der Waals surface area contributed by atoms with Gasteiger partial charge in [-0.3, -0.25) is 14.5 Å². The van der Waals surface area contributed by atoms with Crippen LogP contribution >= 0.6 is 15.9 Å². The fourth-order valence-corrected chi connectivity index (χ4v) is 2.68. The molecule has 1 heterocycles. The molecule has 0 radical (unpaired) electrons. The number of benzene rings is 1. The van der Waals surface area contributed by atoms with Crippen LogP contribution in [0.15, 0.2) is 24.3 Å². The van der Waals surface area contributed by atoms with Crippen molar-refractivity contribution in [2.24, 2.45) is 0 Å². The third kappa shape index (κ3) is 4.28. The van der Waals surface area contributed by atoms with Gasteiger partial charge in [0.25, 0.3) is 5.91 Å². The van der Waals surface area contributed by atoms with Crippen LogP contribution in [-0.4, -0.2) is 61.4 Å². The van der Waals surface area contributed by atoms with Crippen molar-refractivity contribution in [2.75, 3.05) is 39.8 Å². The van der Waals surface area contributed by atoms with Gasteiger partial charge in [0.15, 0.2) is 0 Å². The summed E-state index contributed by atoms with van der Waals surface area (Å²) in [6.45, 7) is 3.20. The van der Waals surface area contributed by atoms with Crippen LogP contribution in [0.25, 0.3) is 0 Å². The summed E-state index contributed by atoms with van der Waals surface area (Å²) in [6, 6.07) is 7.67. The van der Waals surface area contributed by atoms with Crippen LogP contribution in [0, 0.1) is 0 Å². The summed E-state index contributed by atoms with van der Waals surface area (Å²) in [4.78, 5) is 27.7. The molecule has 21 heavy (non-hydrogen) atoms. The first kappa shape index (κ1) is 16.0. The Morgan fingerprint density at radius 2 is 1.76 bits per heavy atom. The predicted octanol–water partition coefficient (Wildman–Crippen LogP) is 1.09. The maximum atomic E-state index is 12.4. The Bertz CT molecular complexity index is 496. The normalized spacial score (nSPS) is 15.8. The van der Waals surface area contributed by atoms with Crippen LogP contribution in [0.3, 0.4) is 0 Å². The Morgan fingerprint density at radius 1 is 1.14 bits per heavy atom. The molecule has 0 saturated carbocycles. The number of rotatable bonds is 4. The third-order valence-corrected chi connectivity index (χ3v) is 4.31. The highest BCUT2D eigenvalue weighted by molar-refractivity contribution is 9.08. The van der Waals surface area contributed by atoms with Crippen molar-refractivity contribution >= 4 is 27.7 Å². The lowest BCUT2D eigenvalue weighted by Gasteiger charge is -2.34. The Balaban J connectivity index is 1.89. The van der Waals surface area contributed by atoms with Gasteiger partial charge in [-0.25, -0.2) is 0 Å². The Labute approximate surface area is 133 Å². The molecule has 0 aromatic heterocycles. The average molecular weight is 354 g/mol. The first-order valence-corrected chi connectivity index (χ1v) is 8.13. The van der Waals surface area contributed by atoms with E-state index in [0.29, 0.717) is 19.6 Å². The van der Waals surface area contributed by atoms with E-state index in [2.05, 4.69) is 26.1 Å². The van der Waals surface area contributed by atoms with Gasteiger partial charge in [-0.1, -0.05) is 28.1 Å². The highest BCUT2D eigenvalue weighted by atomic mass is 79.9. The smallest absolute Gasteiger partial charge is 0.253 e. The SMILES string of the molecule is CNC(=O)CN1CCN(C(=O)c2ccc(CBr)cc2)CC1. The summed E-state index contributed by atoms with van der Waals surface area (Å²) < 4.78 is 0. The van der Waals surface area contributed by atoms with E-state index in [9.17, 15) is 9.59 Å². The second kappa shape index (κ2) is 7.56. The second-order valence-electron chi connectivity index (χ2n) is 5.07. The van der Waals surface area contributed by atoms with E-state index in [4.69, 9.17) is 0 Å². The molecule has 0 unspecified atom stereocenters. The molecular formula is C15H20BrN3O2. The van der Waals surface area contributed by atoms with Crippen molar-refractivity contribution in [3.8, 4) is 0 Å². The number of nitrogens with zero attached hydrogens (tertiary/aromatic N) is 2. The zero-order chi connectivity index (χ0) is 15.2. The molecule has 1 aromatic carbocycles. The van der Waals surface area contributed by atoms with E-state index in [-0.39, 0.29) is 11.8 Å². The van der Waals surface area contributed by atoms with Crippen LogP contribution in [0.4, 0.5) is 0 Å². The zero-order valence-electron chi connectivity index (χ0n) is 12.1. The van der Waals surface area contributed by atoms with E-state index < -0.39 is 0 Å². The molecule has 1 aliphatic heterocycles. The van der Waals surface area contributed by atoms with Gasteiger partial charge in [-0.15, -0.1) is 0 Å². The van der Waals surface area contributed by atoms with Gasteiger partial charge in [0, 0.05) is 44.1 Å². The summed E-state index contributed by atoms with van der Waals surface area (Å²) in [5, 5.41) is 3.41. The van der Waals surface area contributed by atoms with Gasteiger partial charge in [0.05, 0.1) is 6.54 Å². The highest BCUT2D eigenvalue weighted by Crippen LogP contribution is 2.12. The van der Waals surface area contributed by atoms with Gasteiger partial charge < -0.3 is 10.2 Å². The van der Waals surface area contributed by atoms with Gasteiger partial charge in [0.1, 0.15) is 0 Å². The minimum atomic E-state index is 0.0140. The summed E-state index contributed by atoms with van der Waals surface area (Å²) in [6.07, 6.45) is 0. The molecule has 0 bridgehead atoms. The molecular weight excluding hydrogens is 334 g/mol. The minimum absolute atomic E-state index is 0.0140. The Kier molecular flexibility index (Phi) is 5.76. The molecule has 0 aliphatic carbocycles. The largest absolute Gasteiger partial charge is 0.358 e. The fourth-order valence-electron chi connectivity index (χ4n) is 2.31. The highest BCUT2D eigenvalue weighted by Gasteiger charge is 2.22. The predicted molar refractivity (Wildman–Crippen MR) is 85.5 cm³/mol. The maximum Gasteiger partial charge on any atom is 0.253 e. The van der Waals surface area contributed by atoms with E-state index in [0.717, 1.165) is 29.5 Å². The zero-order valence-corrected chi connectivity index (χ0v) is 13.7. The number of hydrogen-bond donors (Lipinski definition) is 1. The van der Waals surface area contributed by atoms with E-state index in [1.54, 1.807) is 7.05 Å². The molecule has 114 valence electrons. The van der Waals surface area contributed by atoms with Crippen LogP contribution in [-0.2, 0) is 10.1 Å². The molecule has 6 heteroatoms. The van der Waals surface area contributed by atoms with Gasteiger partial charge in [0.2, 0.25) is 5.91 Å². The Morgan fingerprint density at radius 3 is 2.29 bits per heavy atom. The molecule has 5 nitrogen and oxygen atoms in total. The van der Waals surface area contributed by atoms with E-state index in [1.165, 1.54) is 0 Å². The maximum absolute atomic E-state index is 12.4. The molecule has 1 fully saturated rings. The number of amides is 2. The molecule has 1 saturated heterocycles. The van der Waals surface area contributed by atoms with Gasteiger partial charge in [-0.2, -0.15) is 0 Å². The first-order valence-electron chi connectivity index (χ1n) is 7.01. The number of carbonyl (C=O) groups is 2. The van der Waals surface area contributed by atoms with Crippen molar-refractivity contribution in [2.45, 2.75) is 5.33 Å². The van der Waals surface area contributed by atoms with Crippen molar-refractivity contribution in [3.05, 3.63) is 35.4 Å². The lowest BCUT2D eigenvalue weighted by molar-refractivity contribution is -0.122. The van der Waals surface area contributed by atoms with Crippen molar-refractivity contribution < 1.29 is 9.59 Å². The number of halogens is 1. The molecule has 2 rings (SSSR count). The van der Waals surface area contributed by atoms with Crippen LogP contribution < -0.4 is 5.32 Å². The van der Waals surface area contributed by atoms with Gasteiger partial charge >= 0.3 is 0 Å². The van der Waals surface area contributed by atoms with E-state index >= 15 is 0 Å². The molecule has 1 N–H and O–H groups in total. The monoisotopic (exact) mass is 353 g/mol. The summed E-state index contributed by atoms with van der Waals surface area (Å²) in [5.74, 6) is 0.0795. The van der Waals surface area contributed by atoms with Crippen molar-refractivity contribution in [1.29, 1.82) is 0 Å². The average Bonchev–Trinajstić information content (AvgIpc) is 2.55. The second-order valence-corrected chi connectivity index (χ2v) is 5.63. The summed E-state index contributed by atoms with van der Waals surface area (Å²) in [5.41, 5.74) is 1.88. The van der Waals surface area contributed by atoms with E-state index in [1.807, 2.05) is 29.2 Å². The number of piperazine rings is 1. The molecule has 1 aromatic rings. The lowest BCUT2D eigenvalue weighted by Crippen LogP contribution is -2.50. The molecule has 1 aliphatic rings. The van der Waals surface area contributed by atoms with Crippen molar-refractivity contribution in [3.63, 3.8) is 0 Å². The Hall–Kier alpha value is -1.40.